The Bertz CT molecular complexity index is 420. The van der Waals surface area contributed by atoms with E-state index in [-0.39, 0.29) is 10.6 Å². The van der Waals surface area contributed by atoms with Crippen LogP contribution in [-0.4, -0.2) is 31.7 Å². The Morgan fingerprint density at radius 2 is 2.28 bits per heavy atom. The maximum atomic E-state index is 11.0. The van der Waals surface area contributed by atoms with Crippen LogP contribution in [0, 0.1) is 16.0 Å². The van der Waals surface area contributed by atoms with Gasteiger partial charge in [-0.25, -0.2) is 0 Å². The first-order chi connectivity index (χ1) is 8.72. The third kappa shape index (κ3) is 2.79. The van der Waals surface area contributed by atoms with Gasteiger partial charge in [-0.15, -0.1) is 0 Å². The third-order valence-electron chi connectivity index (χ3n) is 3.34. The average molecular weight is 250 g/mol. The molecule has 0 bridgehead atoms. The van der Waals surface area contributed by atoms with Crippen LogP contribution < -0.4 is 4.90 Å². The van der Waals surface area contributed by atoms with Crippen molar-refractivity contribution in [3.63, 3.8) is 0 Å². The van der Waals surface area contributed by atoms with Gasteiger partial charge >= 0.3 is 0 Å². The number of ether oxygens (including phenoxy) is 1. The molecule has 0 aliphatic carbocycles. The molecule has 1 aromatic carbocycles. The summed E-state index contributed by atoms with van der Waals surface area (Å²) in [6.45, 7) is 2.43. The van der Waals surface area contributed by atoms with Crippen molar-refractivity contribution >= 4 is 11.4 Å². The van der Waals surface area contributed by atoms with Gasteiger partial charge in [0.1, 0.15) is 5.69 Å². The summed E-state index contributed by atoms with van der Waals surface area (Å²) < 4.78 is 5.18. The van der Waals surface area contributed by atoms with E-state index in [9.17, 15) is 10.1 Å². The molecule has 1 aliphatic rings. The van der Waals surface area contributed by atoms with E-state index in [1.807, 2.05) is 12.1 Å². The normalized spacial score (nSPS) is 19.8. The number of benzene rings is 1. The van der Waals surface area contributed by atoms with E-state index in [0.717, 1.165) is 38.2 Å². The van der Waals surface area contributed by atoms with Crippen LogP contribution in [0.4, 0.5) is 11.4 Å². The number of hydrogen-bond acceptors (Lipinski definition) is 4. The van der Waals surface area contributed by atoms with Gasteiger partial charge in [0.05, 0.1) is 11.5 Å². The highest BCUT2D eigenvalue weighted by molar-refractivity contribution is 5.63. The molecule has 1 saturated heterocycles. The van der Waals surface area contributed by atoms with Crippen molar-refractivity contribution in [1.29, 1.82) is 0 Å². The maximum Gasteiger partial charge on any atom is 0.292 e. The number of rotatable bonds is 4. The molecular formula is C13H18N2O3. The SMILES string of the molecule is COCC1CCCN(c2ccccc2[N+](=O)[O-])C1. The fraction of sp³-hybridized carbons (Fsp3) is 0.538. The topological polar surface area (TPSA) is 55.6 Å². The first-order valence-electron chi connectivity index (χ1n) is 6.19. The van der Waals surface area contributed by atoms with Gasteiger partial charge in [0.2, 0.25) is 0 Å². The Kier molecular flexibility index (Phi) is 4.15. The molecule has 1 atom stereocenters. The van der Waals surface area contributed by atoms with Crippen molar-refractivity contribution in [2.75, 3.05) is 31.7 Å². The lowest BCUT2D eigenvalue weighted by atomic mass is 9.98. The number of para-hydroxylation sites is 2. The Morgan fingerprint density at radius 1 is 1.50 bits per heavy atom. The van der Waals surface area contributed by atoms with Crippen molar-refractivity contribution in [3.8, 4) is 0 Å². The molecule has 0 N–H and O–H groups in total. The fourth-order valence-electron chi connectivity index (χ4n) is 2.54. The summed E-state index contributed by atoms with van der Waals surface area (Å²) >= 11 is 0. The predicted molar refractivity (Wildman–Crippen MR) is 69.9 cm³/mol. The first kappa shape index (κ1) is 12.8. The molecule has 18 heavy (non-hydrogen) atoms. The Balaban J connectivity index is 2.18. The maximum absolute atomic E-state index is 11.0. The number of nitro benzene ring substituents is 1. The van der Waals surface area contributed by atoms with Crippen LogP contribution in [0.5, 0.6) is 0 Å². The van der Waals surface area contributed by atoms with Gasteiger partial charge in [-0.1, -0.05) is 12.1 Å². The Morgan fingerprint density at radius 3 is 3.00 bits per heavy atom. The minimum atomic E-state index is -0.310. The number of piperidine rings is 1. The molecule has 1 heterocycles. The first-order valence-corrected chi connectivity index (χ1v) is 6.19. The second-order valence-corrected chi connectivity index (χ2v) is 4.66. The molecule has 2 rings (SSSR count). The summed E-state index contributed by atoms with van der Waals surface area (Å²) in [4.78, 5) is 12.8. The lowest BCUT2D eigenvalue weighted by Gasteiger charge is -2.33. The molecule has 1 aromatic rings. The summed E-state index contributed by atoms with van der Waals surface area (Å²) in [7, 11) is 1.70. The molecule has 5 heteroatoms. The summed E-state index contributed by atoms with van der Waals surface area (Å²) in [5.74, 6) is 0.462. The highest BCUT2D eigenvalue weighted by Gasteiger charge is 2.24. The highest BCUT2D eigenvalue weighted by atomic mass is 16.6. The van der Waals surface area contributed by atoms with Gasteiger partial charge in [0.25, 0.3) is 5.69 Å². The zero-order valence-electron chi connectivity index (χ0n) is 10.5. The van der Waals surface area contributed by atoms with E-state index in [2.05, 4.69) is 4.90 Å². The summed E-state index contributed by atoms with van der Waals surface area (Å²) in [6.07, 6.45) is 2.19. The second kappa shape index (κ2) is 5.82. The average Bonchev–Trinajstić information content (AvgIpc) is 2.39. The molecule has 0 radical (unpaired) electrons. The molecule has 0 amide bonds. The molecule has 0 spiro atoms. The molecule has 0 saturated carbocycles. The van der Waals surface area contributed by atoms with Gasteiger partial charge in [-0.2, -0.15) is 0 Å². The Hall–Kier alpha value is -1.62. The van der Waals surface area contributed by atoms with Crippen molar-refractivity contribution < 1.29 is 9.66 Å². The van der Waals surface area contributed by atoms with Crippen molar-refractivity contribution in [2.45, 2.75) is 12.8 Å². The zero-order valence-corrected chi connectivity index (χ0v) is 10.5. The number of methoxy groups -OCH3 is 1. The fourth-order valence-corrected chi connectivity index (χ4v) is 2.54. The highest BCUT2D eigenvalue weighted by Crippen LogP contribution is 2.31. The van der Waals surface area contributed by atoms with Crippen LogP contribution in [0.2, 0.25) is 0 Å². The molecule has 0 aromatic heterocycles. The van der Waals surface area contributed by atoms with E-state index in [0.29, 0.717) is 5.92 Å². The summed E-state index contributed by atoms with van der Waals surface area (Å²) in [5, 5.41) is 11.0. The van der Waals surface area contributed by atoms with Gasteiger partial charge in [0, 0.05) is 26.3 Å². The number of nitrogens with zero attached hydrogens (tertiary/aromatic N) is 2. The second-order valence-electron chi connectivity index (χ2n) is 4.66. The molecule has 1 fully saturated rings. The van der Waals surface area contributed by atoms with E-state index >= 15 is 0 Å². The quantitative estimate of drug-likeness (QED) is 0.608. The van der Waals surface area contributed by atoms with Crippen molar-refractivity contribution in [2.24, 2.45) is 5.92 Å². The van der Waals surface area contributed by atoms with Crippen LogP contribution in [0.1, 0.15) is 12.8 Å². The molecule has 5 nitrogen and oxygen atoms in total. The lowest BCUT2D eigenvalue weighted by molar-refractivity contribution is -0.384. The van der Waals surface area contributed by atoms with Crippen LogP contribution in [-0.2, 0) is 4.74 Å². The number of anilines is 1. The van der Waals surface area contributed by atoms with Crippen LogP contribution >= 0.6 is 0 Å². The van der Waals surface area contributed by atoms with Crippen LogP contribution in [0.3, 0.4) is 0 Å². The minimum absolute atomic E-state index is 0.190. The Labute approximate surface area is 107 Å². The molecule has 1 unspecified atom stereocenters. The van der Waals surface area contributed by atoms with Crippen molar-refractivity contribution in [1.82, 2.24) is 0 Å². The van der Waals surface area contributed by atoms with E-state index in [1.54, 1.807) is 19.2 Å². The van der Waals surface area contributed by atoms with Crippen molar-refractivity contribution in [3.05, 3.63) is 34.4 Å². The van der Waals surface area contributed by atoms with E-state index in [1.165, 1.54) is 0 Å². The zero-order chi connectivity index (χ0) is 13.0. The van der Waals surface area contributed by atoms with E-state index < -0.39 is 0 Å². The lowest BCUT2D eigenvalue weighted by Crippen LogP contribution is -2.37. The van der Waals surface area contributed by atoms with Gasteiger partial charge in [-0.05, 0) is 24.8 Å². The summed E-state index contributed by atoms with van der Waals surface area (Å²) in [5.41, 5.74) is 0.916. The smallest absolute Gasteiger partial charge is 0.292 e. The predicted octanol–water partition coefficient (Wildman–Crippen LogP) is 2.46. The summed E-state index contributed by atoms with van der Waals surface area (Å²) in [6, 6.07) is 6.95. The minimum Gasteiger partial charge on any atom is -0.384 e. The van der Waals surface area contributed by atoms with Crippen LogP contribution in [0.25, 0.3) is 0 Å². The molecule has 1 aliphatic heterocycles. The standard InChI is InChI=1S/C13H18N2O3/c1-18-10-11-5-4-8-14(9-11)12-6-2-3-7-13(12)15(16)17/h2-3,6-7,11H,4-5,8-10H2,1H3. The van der Waals surface area contributed by atoms with Crippen LogP contribution in [0.15, 0.2) is 24.3 Å². The molecule has 98 valence electrons. The monoisotopic (exact) mass is 250 g/mol. The van der Waals surface area contributed by atoms with Gasteiger partial charge < -0.3 is 9.64 Å². The number of nitro groups is 1. The number of hydrogen-bond donors (Lipinski definition) is 0. The van der Waals surface area contributed by atoms with Gasteiger partial charge in [-0.3, -0.25) is 10.1 Å². The largest absolute Gasteiger partial charge is 0.384 e. The van der Waals surface area contributed by atoms with Gasteiger partial charge in [0.15, 0.2) is 0 Å². The van der Waals surface area contributed by atoms with E-state index in [4.69, 9.17) is 4.74 Å². The molecular weight excluding hydrogens is 232 g/mol. The third-order valence-corrected chi connectivity index (χ3v) is 3.34.